The number of aliphatic hydroxyl groups is 1. The molecule has 29 heavy (non-hydrogen) atoms. The van der Waals surface area contributed by atoms with Gasteiger partial charge in [0.15, 0.2) is 0 Å². The summed E-state index contributed by atoms with van der Waals surface area (Å²) in [7, 11) is 0. The van der Waals surface area contributed by atoms with Crippen LogP contribution in [0, 0.1) is 5.92 Å². The first-order valence-electron chi connectivity index (χ1n) is 13.0. The van der Waals surface area contributed by atoms with Crippen LogP contribution in [-0.2, 0) is 4.79 Å². The topological polar surface area (TPSA) is 49.3 Å². The smallest absolute Gasteiger partial charge is 0.220 e. The fraction of sp³-hybridized carbons (Fsp3) is 0.962. The lowest BCUT2D eigenvalue weighted by Crippen LogP contribution is -2.37. The van der Waals surface area contributed by atoms with Crippen LogP contribution in [0.2, 0.25) is 0 Å². The van der Waals surface area contributed by atoms with Crippen LogP contribution in [0.25, 0.3) is 0 Å². The Labute approximate surface area is 182 Å². The molecule has 0 rings (SSSR count). The highest BCUT2D eigenvalue weighted by Crippen LogP contribution is 2.15. The van der Waals surface area contributed by atoms with Crippen LogP contribution in [-0.4, -0.2) is 23.7 Å². The summed E-state index contributed by atoms with van der Waals surface area (Å²) in [6.07, 6.45) is 24.1. The van der Waals surface area contributed by atoms with Crippen molar-refractivity contribution in [2.45, 2.75) is 149 Å². The highest BCUT2D eigenvalue weighted by molar-refractivity contribution is 5.76. The average Bonchev–Trinajstić information content (AvgIpc) is 2.69. The molecule has 2 N–H and O–H groups in total. The van der Waals surface area contributed by atoms with Crippen LogP contribution in [0.4, 0.5) is 0 Å². The predicted octanol–water partition coefficient (Wildman–Crippen LogP) is 7.55. The Morgan fingerprint density at radius 2 is 1.10 bits per heavy atom. The van der Waals surface area contributed by atoms with Crippen LogP contribution in [0.3, 0.4) is 0 Å². The molecule has 0 aromatic heterocycles. The Balaban J connectivity index is 3.21. The normalized spacial score (nSPS) is 12.4. The van der Waals surface area contributed by atoms with Gasteiger partial charge in [0.1, 0.15) is 0 Å². The zero-order valence-corrected chi connectivity index (χ0v) is 20.2. The van der Waals surface area contributed by atoms with Crippen molar-refractivity contribution in [2.24, 2.45) is 5.92 Å². The number of hydrogen-bond donors (Lipinski definition) is 2. The second-order valence-corrected chi connectivity index (χ2v) is 9.47. The molecule has 0 bridgehead atoms. The molecule has 174 valence electrons. The van der Waals surface area contributed by atoms with E-state index in [2.05, 4.69) is 26.1 Å². The molecule has 3 heteroatoms. The molecule has 1 atom stereocenters. The van der Waals surface area contributed by atoms with Crippen molar-refractivity contribution in [3.05, 3.63) is 0 Å². The number of carbonyl (C=O) groups is 1. The minimum Gasteiger partial charge on any atom is -0.394 e. The van der Waals surface area contributed by atoms with Crippen LogP contribution < -0.4 is 5.32 Å². The van der Waals surface area contributed by atoms with Gasteiger partial charge in [-0.25, -0.2) is 0 Å². The van der Waals surface area contributed by atoms with Crippen molar-refractivity contribution in [2.75, 3.05) is 6.61 Å². The molecule has 0 aliphatic heterocycles. The van der Waals surface area contributed by atoms with E-state index in [1.54, 1.807) is 0 Å². The summed E-state index contributed by atoms with van der Waals surface area (Å²) in [4.78, 5) is 11.8. The van der Waals surface area contributed by atoms with Crippen LogP contribution in [0.1, 0.15) is 143 Å². The summed E-state index contributed by atoms with van der Waals surface area (Å²) in [6.45, 7) is 6.78. The highest BCUT2D eigenvalue weighted by atomic mass is 16.3. The van der Waals surface area contributed by atoms with Crippen LogP contribution in [0.5, 0.6) is 0 Å². The fourth-order valence-corrected chi connectivity index (χ4v) is 3.99. The molecular weight excluding hydrogens is 358 g/mol. The summed E-state index contributed by atoms with van der Waals surface area (Å²) in [5.41, 5.74) is 0. The van der Waals surface area contributed by atoms with Crippen molar-refractivity contribution in [1.82, 2.24) is 5.32 Å². The minimum absolute atomic E-state index is 0.0535. The van der Waals surface area contributed by atoms with E-state index in [9.17, 15) is 9.90 Å². The lowest BCUT2D eigenvalue weighted by molar-refractivity contribution is -0.122. The summed E-state index contributed by atoms with van der Waals surface area (Å²) < 4.78 is 0. The van der Waals surface area contributed by atoms with Crippen molar-refractivity contribution >= 4 is 5.91 Å². The standard InChI is InChI=1S/C26H53NO2/c1-4-20-25(23-28)27-26(29)22-19-17-15-13-11-9-7-5-6-8-10-12-14-16-18-21-24(2)3/h24-25,28H,4-23H2,1-3H3,(H,27,29). The maximum atomic E-state index is 11.8. The molecule has 0 fully saturated rings. The summed E-state index contributed by atoms with van der Waals surface area (Å²) in [5, 5.41) is 12.2. The first-order valence-corrected chi connectivity index (χ1v) is 13.0. The number of hydrogen-bond acceptors (Lipinski definition) is 2. The zero-order valence-electron chi connectivity index (χ0n) is 20.2. The Hall–Kier alpha value is -0.570. The van der Waals surface area contributed by atoms with E-state index in [4.69, 9.17) is 0 Å². The van der Waals surface area contributed by atoms with Gasteiger partial charge in [0.05, 0.1) is 12.6 Å². The number of rotatable bonds is 22. The Bertz CT molecular complexity index is 344. The molecule has 0 spiro atoms. The zero-order chi connectivity index (χ0) is 21.6. The molecule has 0 aromatic rings. The first-order chi connectivity index (χ1) is 14.1. The van der Waals surface area contributed by atoms with Crippen molar-refractivity contribution < 1.29 is 9.90 Å². The molecule has 0 radical (unpaired) electrons. The monoisotopic (exact) mass is 411 g/mol. The van der Waals surface area contributed by atoms with Gasteiger partial charge < -0.3 is 10.4 Å². The first kappa shape index (κ1) is 28.4. The lowest BCUT2D eigenvalue weighted by atomic mass is 10.0. The second-order valence-electron chi connectivity index (χ2n) is 9.47. The highest BCUT2D eigenvalue weighted by Gasteiger charge is 2.09. The van der Waals surface area contributed by atoms with Gasteiger partial charge in [0.25, 0.3) is 0 Å². The van der Waals surface area contributed by atoms with E-state index in [1.165, 1.54) is 89.9 Å². The molecule has 3 nitrogen and oxygen atoms in total. The number of aliphatic hydroxyl groups excluding tert-OH is 1. The van der Waals surface area contributed by atoms with E-state index in [0.717, 1.165) is 31.6 Å². The second kappa shape index (κ2) is 22.1. The number of carbonyl (C=O) groups excluding carboxylic acids is 1. The van der Waals surface area contributed by atoms with Gasteiger partial charge in [-0.2, -0.15) is 0 Å². The van der Waals surface area contributed by atoms with E-state index in [0.29, 0.717) is 6.42 Å². The van der Waals surface area contributed by atoms with Gasteiger partial charge in [0, 0.05) is 6.42 Å². The van der Waals surface area contributed by atoms with Gasteiger partial charge >= 0.3 is 0 Å². The maximum absolute atomic E-state index is 11.8. The molecular formula is C26H53NO2. The molecule has 0 aliphatic carbocycles. The number of unbranched alkanes of at least 4 members (excludes halogenated alkanes) is 14. The van der Waals surface area contributed by atoms with E-state index in [-0.39, 0.29) is 18.6 Å². The van der Waals surface area contributed by atoms with Gasteiger partial charge in [-0.15, -0.1) is 0 Å². The van der Waals surface area contributed by atoms with Crippen molar-refractivity contribution in [3.63, 3.8) is 0 Å². The third-order valence-electron chi connectivity index (χ3n) is 5.91. The lowest BCUT2D eigenvalue weighted by Gasteiger charge is -2.15. The third-order valence-corrected chi connectivity index (χ3v) is 5.91. The Morgan fingerprint density at radius 1 is 0.690 bits per heavy atom. The van der Waals surface area contributed by atoms with Crippen LogP contribution >= 0.6 is 0 Å². The Morgan fingerprint density at radius 3 is 1.48 bits per heavy atom. The summed E-state index contributed by atoms with van der Waals surface area (Å²) in [6, 6.07) is -0.0535. The summed E-state index contributed by atoms with van der Waals surface area (Å²) in [5.74, 6) is 0.977. The fourth-order valence-electron chi connectivity index (χ4n) is 3.99. The minimum atomic E-state index is -0.0535. The van der Waals surface area contributed by atoms with Gasteiger partial charge in [-0.1, -0.05) is 124 Å². The molecule has 0 heterocycles. The van der Waals surface area contributed by atoms with Crippen molar-refractivity contribution in [1.29, 1.82) is 0 Å². The largest absolute Gasteiger partial charge is 0.394 e. The van der Waals surface area contributed by atoms with Gasteiger partial charge in [-0.3, -0.25) is 4.79 Å². The Kier molecular flexibility index (Phi) is 21.7. The summed E-state index contributed by atoms with van der Waals surface area (Å²) >= 11 is 0. The van der Waals surface area contributed by atoms with Crippen LogP contribution in [0.15, 0.2) is 0 Å². The van der Waals surface area contributed by atoms with Gasteiger partial charge in [0.2, 0.25) is 5.91 Å². The van der Waals surface area contributed by atoms with Gasteiger partial charge in [-0.05, 0) is 18.8 Å². The molecule has 0 saturated heterocycles. The molecule has 0 aromatic carbocycles. The number of amides is 1. The number of nitrogens with one attached hydrogen (secondary N) is 1. The maximum Gasteiger partial charge on any atom is 0.220 e. The molecule has 0 aliphatic rings. The molecule has 1 unspecified atom stereocenters. The van der Waals surface area contributed by atoms with Crippen molar-refractivity contribution in [3.8, 4) is 0 Å². The average molecular weight is 412 g/mol. The SMILES string of the molecule is CCCC(CO)NC(=O)CCCCCCCCCCCCCCCCCC(C)C. The quantitative estimate of drug-likeness (QED) is 0.181. The van der Waals surface area contributed by atoms with E-state index < -0.39 is 0 Å². The molecule has 1 amide bonds. The molecule has 0 saturated carbocycles. The predicted molar refractivity (Wildman–Crippen MR) is 127 cm³/mol. The third kappa shape index (κ3) is 21.9. The van der Waals surface area contributed by atoms with E-state index >= 15 is 0 Å². The van der Waals surface area contributed by atoms with E-state index in [1.807, 2.05) is 0 Å².